The molecule has 2 saturated heterocycles. The first-order valence-corrected chi connectivity index (χ1v) is 7.23. The van der Waals surface area contributed by atoms with E-state index in [0.29, 0.717) is 31.5 Å². The summed E-state index contributed by atoms with van der Waals surface area (Å²) in [5.74, 6) is 0. The van der Waals surface area contributed by atoms with Crippen LogP contribution in [-0.4, -0.2) is 49.4 Å². The van der Waals surface area contributed by atoms with Gasteiger partial charge in [-0.1, -0.05) is 6.58 Å². The van der Waals surface area contributed by atoms with Crippen LogP contribution < -0.4 is 5.32 Å². The molecule has 2 fully saturated rings. The highest BCUT2D eigenvalue weighted by Crippen LogP contribution is 2.40. The number of allylic oxidation sites excluding steroid dienone is 1. The minimum absolute atomic E-state index is 0.227. The molecule has 2 atom stereocenters. The summed E-state index contributed by atoms with van der Waals surface area (Å²) in [6, 6.07) is 0.227. The second-order valence-corrected chi connectivity index (χ2v) is 5.82. The Morgan fingerprint density at radius 2 is 2.38 bits per heavy atom. The van der Waals surface area contributed by atoms with Crippen LogP contribution >= 0.6 is 0 Å². The summed E-state index contributed by atoms with van der Waals surface area (Å²) in [5.41, 5.74) is 0.540. The van der Waals surface area contributed by atoms with E-state index in [1.807, 2.05) is 0 Å². The quantitative estimate of drug-likeness (QED) is 0.492. The molecule has 21 heavy (non-hydrogen) atoms. The lowest BCUT2D eigenvalue weighted by Crippen LogP contribution is -2.44. The monoisotopic (exact) mass is 299 g/mol. The second kappa shape index (κ2) is 6.56. The number of ether oxygens (including phenoxy) is 1. The van der Waals surface area contributed by atoms with E-state index in [2.05, 4.69) is 21.8 Å². The van der Waals surface area contributed by atoms with Crippen molar-refractivity contribution in [3.8, 4) is 0 Å². The summed E-state index contributed by atoms with van der Waals surface area (Å²) in [5, 5.41) is 2.77. The van der Waals surface area contributed by atoms with Crippen molar-refractivity contribution in [2.75, 3.05) is 26.7 Å². The lowest BCUT2D eigenvalue weighted by Gasteiger charge is -2.31. The predicted octanol–water partition coefficient (Wildman–Crippen LogP) is 2.54. The number of alkyl halides is 1. The average Bonchev–Trinajstić information content (AvgIpc) is 2.94. The maximum atomic E-state index is 13.7. The van der Waals surface area contributed by atoms with Crippen LogP contribution in [0.5, 0.6) is 0 Å². The van der Waals surface area contributed by atoms with Crippen LogP contribution in [0.4, 0.5) is 8.78 Å². The van der Waals surface area contributed by atoms with E-state index in [0.717, 1.165) is 19.4 Å². The third kappa shape index (κ3) is 3.43. The van der Waals surface area contributed by atoms with Crippen molar-refractivity contribution in [2.24, 2.45) is 4.99 Å². The van der Waals surface area contributed by atoms with Gasteiger partial charge in [0.05, 0.1) is 11.2 Å². The van der Waals surface area contributed by atoms with Crippen molar-refractivity contribution >= 4 is 6.02 Å². The highest BCUT2D eigenvalue weighted by Gasteiger charge is 2.49. The van der Waals surface area contributed by atoms with Crippen molar-refractivity contribution in [2.45, 2.75) is 37.9 Å². The van der Waals surface area contributed by atoms with E-state index < -0.39 is 6.17 Å². The normalized spacial score (nSPS) is 30.4. The van der Waals surface area contributed by atoms with Gasteiger partial charge in [-0.3, -0.25) is 4.90 Å². The van der Waals surface area contributed by atoms with Crippen molar-refractivity contribution in [3.63, 3.8) is 0 Å². The van der Waals surface area contributed by atoms with E-state index in [1.54, 1.807) is 14.0 Å². The maximum Gasteiger partial charge on any atom is 0.289 e. The first-order valence-electron chi connectivity index (χ1n) is 7.23. The molecule has 0 aromatic heterocycles. The number of amidine groups is 1. The second-order valence-electron chi connectivity index (χ2n) is 5.82. The molecule has 4 nitrogen and oxygen atoms in total. The molecule has 0 bridgehead atoms. The van der Waals surface area contributed by atoms with Gasteiger partial charge in [0.2, 0.25) is 0 Å². The summed E-state index contributed by atoms with van der Waals surface area (Å²) in [6.07, 6.45) is 2.13. The van der Waals surface area contributed by atoms with E-state index >= 15 is 0 Å². The zero-order valence-corrected chi connectivity index (χ0v) is 12.7. The molecule has 0 aromatic rings. The molecule has 2 aliphatic heterocycles. The van der Waals surface area contributed by atoms with Crippen LogP contribution in [-0.2, 0) is 4.74 Å². The molecule has 0 unspecified atom stereocenters. The predicted molar refractivity (Wildman–Crippen MR) is 79.5 cm³/mol. The molecule has 0 amide bonds. The number of hydrogen-bond acceptors (Lipinski definition) is 3. The number of rotatable bonds is 4. The molecule has 2 rings (SSSR count). The summed E-state index contributed by atoms with van der Waals surface area (Å²) in [6.45, 7) is 7.12. The maximum absolute atomic E-state index is 13.7. The SMILES string of the molecule is C=C(C)/C(=C/F)NC(=NC)OC[C@@]12CCCN1C[C@H](F)C2. The Morgan fingerprint density at radius 3 is 3.00 bits per heavy atom. The van der Waals surface area contributed by atoms with Gasteiger partial charge in [-0.25, -0.2) is 13.8 Å². The Balaban J connectivity index is 1.96. The van der Waals surface area contributed by atoms with Gasteiger partial charge >= 0.3 is 0 Å². The van der Waals surface area contributed by atoms with Gasteiger partial charge in [0.25, 0.3) is 6.02 Å². The Morgan fingerprint density at radius 1 is 1.62 bits per heavy atom. The van der Waals surface area contributed by atoms with Gasteiger partial charge < -0.3 is 10.1 Å². The Labute approximate surface area is 124 Å². The van der Waals surface area contributed by atoms with Crippen LogP contribution in [0.25, 0.3) is 0 Å². The molecule has 0 aliphatic carbocycles. The molecule has 6 heteroatoms. The highest BCUT2D eigenvalue weighted by molar-refractivity contribution is 5.76. The molecule has 0 aromatic carbocycles. The fourth-order valence-corrected chi connectivity index (χ4v) is 3.15. The summed E-state index contributed by atoms with van der Waals surface area (Å²) in [4.78, 5) is 6.13. The first-order chi connectivity index (χ1) is 10.0. The van der Waals surface area contributed by atoms with Crippen LogP contribution in [0.3, 0.4) is 0 Å². The lowest BCUT2D eigenvalue weighted by atomic mass is 9.95. The highest BCUT2D eigenvalue weighted by atomic mass is 19.1. The van der Waals surface area contributed by atoms with Crippen LogP contribution in [0, 0.1) is 0 Å². The van der Waals surface area contributed by atoms with Gasteiger partial charge in [0, 0.05) is 20.0 Å². The van der Waals surface area contributed by atoms with E-state index in [9.17, 15) is 8.78 Å². The minimum atomic E-state index is -0.791. The number of halogens is 2. The summed E-state index contributed by atoms with van der Waals surface area (Å²) >= 11 is 0. The molecule has 0 spiro atoms. The molecule has 0 radical (unpaired) electrons. The summed E-state index contributed by atoms with van der Waals surface area (Å²) in [7, 11) is 1.56. The Hall–Kier alpha value is -1.43. The molecule has 2 heterocycles. The van der Waals surface area contributed by atoms with Gasteiger partial charge in [0.1, 0.15) is 19.1 Å². The largest absolute Gasteiger partial charge is 0.463 e. The number of fused-ring (bicyclic) bond motifs is 1. The molecular formula is C15H23F2N3O. The minimum Gasteiger partial charge on any atom is -0.463 e. The number of nitrogens with one attached hydrogen (secondary N) is 1. The Bertz CT molecular complexity index is 464. The lowest BCUT2D eigenvalue weighted by molar-refractivity contribution is 0.104. The number of aliphatic imine (C=N–C) groups is 1. The van der Waals surface area contributed by atoms with Gasteiger partial charge in [-0.2, -0.15) is 0 Å². The summed E-state index contributed by atoms with van der Waals surface area (Å²) < 4.78 is 32.1. The first kappa shape index (κ1) is 15.9. The molecule has 118 valence electrons. The van der Waals surface area contributed by atoms with Crippen molar-refractivity contribution in [1.82, 2.24) is 10.2 Å². The van der Waals surface area contributed by atoms with E-state index in [1.165, 1.54) is 0 Å². The van der Waals surface area contributed by atoms with E-state index in [-0.39, 0.29) is 17.3 Å². The van der Waals surface area contributed by atoms with Crippen molar-refractivity contribution in [1.29, 1.82) is 0 Å². The molecule has 1 N–H and O–H groups in total. The van der Waals surface area contributed by atoms with Crippen LogP contribution in [0.1, 0.15) is 26.2 Å². The zero-order valence-electron chi connectivity index (χ0n) is 12.7. The van der Waals surface area contributed by atoms with Gasteiger partial charge in [0.15, 0.2) is 0 Å². The third-order valence-electron chi connectivity index (χ3n) is 4.25. The van der Waals surface area contributed by atoms with Gasteiger partial charge in [-0.05, 0) is 31.9 Å². The van der Waals surface area contributed by atoms with E-state index in [4.69, 9.17) is 4.74 Å². The Kier molecular flexibility index (Phi) is 4.98. The van der Waals surface area contributed by atoms with Crippen LogP contribution in [0.15, 0.2) is 29.2 Å². The fourth-order valence-electron chi connectivity index (χ4n) is 3.15. The van der Waals surface area contributed by atoms with Crippen molar-refractivity contribution in [3.05, 3.63) is 24.2 Å². The average molecular weight is 299 g/mol. The van der Waals surface area contributed by atoms with Crippen LogP contribution in [0.2, 0.25) is 0 Å². The zero-order chi connectivity index (χ0) is 15.5. The fraction of sp³-hybridized carbons (Fsp3) is 0.667. The number of hydrogen-bond donors (Lipinski definition) is 1. The molecular weight excluding hydrogens is 276 g/mol. The van der Waals surface area contributed by atoms with Crippen molar-refractivity contribution < 1.29 is 13.5 Å². The standard InChI is InChI=1S/C15H23F2N3O/c1-11(2)13(8-16)19-14(18-3)21-10-15-5-4-6-20(15)9-12(17)7-15/h8,12H,1,4-7,9-10H2,2-3H3,(H,18,19)/b13-8-/t12-,15+/m1/s1. The smallest absolute Gasteiger partial charge is 0.289 e. The molecule has 0 saturated carbocycles. The topological polar surface area (TPSA) is 36.9 Å². The third-order valence-corrected chi connectivity index (χ3v) is 4.25. The van der Waals surface area contributed by atoms with Gasteiger partial charge in [-0.15, -0.1) is 0 Å². The molecule has 2 aliphatic rings. The number of nitrogens with zero attached hydrogens (tertiary/aromatic N) is 2.